The van der Waals surface area contributed by atoms with Crippen molar-refractivity contribution in [1.29, 1.82) is 0 Å². The summed E-state index contributed by atoms with van der Waals surface area (Å²) in [5, 5.41) is 21.6. The minimum atomic E-state index is -0.929. The summed E-state index contributed by atoms with van der Waals surface area (Å²) in [6, 6.07) is 22.8. The molecule has 7 N–H and O–H groups in total. The van der Waals surface area contributed by atoms with Gasteiger partial charge < -0.3 is 71.2 Å². The van der Waals surface area contributed by atoms with Crippen LogP contribution in [0.2, 0.25) is 0 Å². The molecule has 12 rings (SSSR count). The standard InChI is InChI=1S/C57H83N7O10.C48H68N6O6/c1-36(61(9)54(71)73-56(3,4)5)47(65)35-42(38-23-13-11-14-24-38)52(69)63-33-21-31-45(63)50(67)58-43-29-19-17-27-40(43)41-28-18-20-30-44(41)59-51(68)46-32-22-34-64(46)53(70)48(39-25-15-12-16-26-39)60-49(66)37(2)62(10)55(72)74-57(6,7)8;1-5-31(2)44(56)52-43(34-20-10-7-11-21-34)48(60)54-29-17-27-41(54)46(58)51-39-25-15-13-23-36(39)35-22-12-14-24-38(35)50-45(57)40-26-16-28-53(40)47(59)37(30-42(55)32(3)49-4)33-18-8-6-9-19-33/h17-20,27-30,36-39,42,45-46,48H,11-16,21-26,31-35H2,1-10H3,(H,58,67)(H,59,68)(H,60,66);12-15,22-25,31-34,37,40-41,43,49H,5-11,16-21,26-30H2,1-4H3,(H,50,57)(H,51,58)(H,52,56)/t36-,37-,42-,45-,46-,48-;31-,32+,37+,40+,41+,43+/m01/s1. The van der Waals surface area contributed by atoms with Gasteiger partial charge in [0.1, 0.15) is 59.3 Å². The predicted octanol–water partition coefficient (Wildman–Crippen LogP) is 16.0. The minimum absolute atomic E-state index is 0.0164. The van der Waals surface area contributed by atoms with Crippen LogP contribution < -0.4 is 37.2 Å². The van der Waals surface area contributed by atoms with Crippen LogP contribution in [-0.2, 0) is 67.0 Å². The molecule has 4 aliphatic heterocycles. The van der Waals surface area contributed by atoms with Gasteiger partial charge >= 0.3 is 12.2 Å². The van der Waals surface area contributed by atoms with Crippen LogP contribution >= 0.6 is 0 Å². The first-order valence-corrected chi connectivity index (χ1v) is 50.0. The van der Waals surface area contributed by atoms with E-state index in [0.717, 1.165) is 128 Å². The number of carbonyl (C=O) groups excluding carboxylic acids is 14. The lowest BCUT2D eigenvalue weighted by Crippen LogP contribution is -2.58. The topological polar surface area (TPSA) is 361 Å². The number of Topliss-reactive ketones (excluding diaryl/α,β-unsaturated/α-hetero) is 2. The van der Waals surface area contributed by atoms with E-state index in [1.54, 1.807) is 106 Å². The lowest BCUT2D eigenvalue weighted by molar-refractivity contribution is -0.144. The molecule has 29 heteroatoms. The number of nitrogens with zero attached hydrogens (tertiary/aromatic N) is 6. The first-order chi connectivity index (χ1) is 64.0. The average molecular weight is 1850 g/mol. The molecule has 4 saturated heterocycles. The number of hydrogen-bond donors (Lipinski definition) is 7. The number of para-hydroxylation sites is 4. The molecule has 12 amide bonds. The minimum Gasteiger partial charge on any atom is -0.444 e. The van der Waals surface area contributed by atoms with Gasteiger partial charge in [0.2, 0.25) is 59.1 Å². The molecular weight excluding hydrogens is 1700 g/mol. The highest BCUT2D eigenvalue weighted by molar-refractivity contribution is 6.08. The van der Waals surface area contributed by atoms with Crippen molar-refractivity contribution >= 4 is 106 Å². The van der Waals surface area contributed by atoms with Crippen LogP contribution in [0.25, 0.3) is 22.3 Å². The molecule has 12 atom stereocenters. The monoisotopic (exact) mass is 1850 g/mol. The smallest absolute Gasteiger partial charge is 0.410 e. The number of amides is 12. The van der Waals surface area contributed by atoms with Crippen molar-refractivity contribution in [3.8, 4) is 22.3 Å². The summed E-state index contributed by atoms with van der Waals surface area (Å²) in [5.74, 6) is -4.26. The van der Waals surface area contributed by atoms with E-state index in [0.29, 0.717) is 129 Å². The fourth-order valence-corrected chi connectivity index (χ4v) is 20.9. The van der Waals surface area contributed by atoms with Crippen LogP contribution in [-0.4, -0.2) is 225 Å². The SMILES string of the molecule is CC[C@@H](C)C(=O)N[C@H](C(=O)N1CCC[C@H]1C(=O)Nc1ccccc1-c1ccccc1NC(=O)[C@@H]1CCCN1C(=O)[C@@H](CC(=O)[C@H](C)NC)C1CCCCC1)C1CCCCC1.C[C@@H](C(=O)C[C@H](C(=O)N1CCC[C@H]1C(=O)Nc1ccccc1-c1ccccc1NC(=O)[C@@H]1CCCN1C(=O)[C@@H](NC(=O)[C@H](C)N(C)C(=O)OC(C)(C)C)C1CCCCC1)C1CCCCC1)N(C)C(=O)OC(C)(C)C. The third-order valence-corrected chi connectivity index (χ3v) is 29.3. The number of hydrogen-bond acceptors (Lipinski definition) is 17. The van der Waals surface area contributed by atoms with Crippen molar-refractivity contribution in [2.75, 3.05) is 68.6 Å². The summed E-state index contributed by atoms with van der Waals surface area (Å²) in [4.78, 5) is 204. The molecule has 29 nitrogen and oxygen atoms in total. The number of ether oxygens (including phenoxy) is 2. The Hall–Kier alpha value is -10.6. The van der Waals surface area contributed by atoms with Crippen molar-refractivity contribution in [3.63, 3.8) is 0 Å². The van der Waals surface area contributed by atoms with Gasteiger partial charge in [0.05, 0.1) is 12.1 Å². The molecule has 732 valence electrons. The predicted molar refractivity (Wildman–Crippen MR) is 518 cm³/mol. The normalized spacial score (nSPS) is 21.1. The molecule has 0 unspecified atom stereocenters. The molecule has 8 aliphatic rings. The van der Waals surface area contributed by atoms with Gasteiger partial charge in [0.25, 0.3) is 0 Å². The van der Waals surface area contributed by atoms with Crippen LogP contribution in [0.5, 0.6) is 0 Å². The Morgan fingerprint density at radius 3 is 0.933 bits per heavy atom. The van der Waals surface area contributed by atoms with Crippen molar-refractivity contribution in [2.24, 2.45) is 41.4 Å². The molecule has 0 bridgehead atoms. The number of benzene rings is 4. The van der Waals surface area contributed by atoms with Gasteiger partial charge in [-0.05, 0) is 226 Å². The van der Waals surface area contributed by atoms with E-state index in [2.05, 4.69) is 37.2 Å². The van der Waals surface area contributed by atoms with Crippen LogP contribution in [0.3, 0.4) is 0 Å². The van der Waals surface area contributed by atoms with Crippen LogP contribution in [0, 0.1) is 41.4 Å². The maximum Gasteiger partial charge on any atom is 0.410 e. The Labute approximate surface area is 793 Å². The summed E-state index contributed by atoms with van der Waals surface area (Å²) < 4.78 is 11.0. The molecule has 4 aliphatic carbocycles. The number of ketones is 2. The highest BCUT2D eigenvalue weighted by Crippen LogP contribution is 2.43. The summed E-state index contributed by atoms with van der Waals surface area (Å²) in [6.07, 6.45) is 22.9. The maximum absolute atomic E-state index is 14.7. The number of carbonyl (C=O) groups is 14. The number of rotatable bonds is 32. The van der Waals surface area contributed by atoms with E-state index < -0.39 is 89.5 Å². The zero-order valence-corrected chi connectivity index (χ0v) is 81.9. The van der Waals surface area contributed by atoms with Crippen LogP contribution in [0.4, 0.5) is 32.3 Å². The highest BCUT2D eigenvalue weighted by atomic mass is 16.6. The zero-order valence-electron chi connectivity index (χ0n) is 81.9. The number of likely N-dealkylation sites (tertiary alicyclic amines) is 4. The Morgan fingerprint density at radius 2 is 0.634 bits per heavy atom. The molecule has 134 heavy (non-hydrogen) atoms. The molecule has 0 aromatic heterocycles. The summed E-state index contributed by atoms with van der Waals surface area (Å²) in [5.41, 5.74) is 3.21. The van der Waals surface area contributed by atoms with E-state index in [9.17, 15) is 67.1 Å². The van der Waals surface area contributed by atoms with Gasteiger partial charge in [-0.2, -0.15) is 0 Å². The van der Waals surface area contributed by atoms with Gasteiger partial charge in [0.15, 0.2) is 5.78 Å². The summed E-state index contributed by atoms with van der Waals surface area (Å²) in [6.45, 7) is 21.1. The largest absolute Gasteiger partial charge is 0.444 e. The summed E-state index contributed by atoms with van der Waals surface area (Å²) >= 11 is 0. The van der Waals surface area contributed by atoms with Crippen molar-refractivity contribution in [3.05, 3.63) is 97.1 Å². The fraction of sp³-hybridized carbons (Fsp3) is 0.638. The molecular formula is C105H151N13O16. The molecule has 8 fully saturated rings. The zero-order chi connectivity index (χ0) is 96.8. The number of anilines is 4. The van der Waals surface area contributed by atoms with E-state index in [1.165, 1.54) is 23.9 Å². The summed E-state index contributed by atoms with van der Waals surface area (Å²) in [7, 11) is 4.78. The van der Waals surface area contributed by atoms with Crippen LogP contribution in [0.1, 0.15) is 275 Å². The van der Waals surface area contributed by atoms with E-state index in [-0.39, 0.29) is 113 Å². The Morgan fingerprint density at radius 1 is 0.358 bits per heavy atom. The van der Waals surface area contributed by atoms with Crippen LogP contribution in [0.15, 0.2) is 97.1 Å². The molecule has 4 aromatic rings. The number of likely N-dealkylation sites (N-methyl/N-ethyl adjacent to an activating group) is 3. The third kappa shape index (κ3) is 27.0. The van der Waals surface area contributed by atoms with Crippen molar-refractivity contribution in [2.45, 2.75) is 341 Å². The Bertz CT molecular complexity index is 4480. The second-order valence-electron chi connectivity index (χ2n) is 40.9. The van der Waals surface area contributed by atoms with Crippen molar-refractivity contribution < 1.29 is 76.6 Å². The van der Waals surface area contributed by atoms with Gasteiger partial charge in [-0.15, -0.1) is 0 Å². The Balaban J connectivity index is 0.000000263. The lowest BCUT2D eigenvalue weighted by atomic mass is 9.76. The van der Waals surface area contributed by atoms with Gasteiger partial charge in [-0.1, -0.05) is 164 Å². The van der Waals surface area contributed by atoms with Gasteiger partial charge in [-0.25, -0.2) is 9.59 Å². The average Bonchev–Trinajstić information content (AvgIpc) is 1.38. The van der Waals surface area contributed by atoms with Crippen molar-refractivity contribution in [1.82, 2.24) is 45.3 Å². The maximum atomic E-state index is 14.7. The quantitative estimate of drug-likeness (QED) is 0.0239. The van der Waals surface area contributed by atoms with Gasteiger partial charge in [-0.3, -0.25) is 62.4 Å². The number of nitrogens with one attached hydrogen (secondary N) is 7. The van der Waals surface area contributed by atoms with E-state index >= 15 is 0 Å². The molecule has 4 saturated carbocycles. The second kappa shape index (κ2) is 48.2. The van der Waals surface area contributed by atoms with Gasteiger partial charge in [0, 0.05) is 116 Å². The second-order valence-corrected chi connectivity index (χ2v) is 40.9. The molecule has 4 aromatic carbocycles. The van der Waals surface area contributed by atoms with E-state index in [1.807, 2.05) is 93.6 Å². The first kappa shape index (κ1) is 104. The lowest BCUT2D eigenvalue weighted by Gasteiger charge is -2.36. The first-order valence-electron chi connectivity index (χ1n) is 50.0. The molecule has 4 heterocycles. The highest BCUT2D eigenvalue weighted by Gasteiger charge is 2.48. The molecule has 0 spiro atoms. The van der Waals surface area contributed by atoms with E-state index in [4.69, 9.17) is 9.47 Å². The fourth-order valence-electron chi connectivity index (χ4n) is 20.9. The third-order valence-electron chi connectivity index (χ3n) is 29.3. The molecule has 0 radical (unpaired) electrons. The Kier molecular flexibility index (Phi) is 37.4.